The van der Waals surface area contributed by atoms with Crippen LogP contribution >= 0.6 is 0 Å². The van der Waals surface area contributed by atoms with Crippen LogP contribution < -0.4 is 5.73 Å². The molecule has 0 spiro atoms. The zero-order chi connectivity index (χ0) is 8.85. The molecule has 11 heavy (non-hydrogen) atoms. The molecule has 66 valence electrons. The maximum atomic E-state index is 11.2. The fourth-order valence-corrected chi connectivity index (χ4v) is 0.984. The highest BCUT2D eigenvalue weighted by atomic mass is 16.1. The van der Waals surface area contributed by atoms with E-state index in [1.165, 1.54) is 0 Å². The maximum absolute atomic E-state index is 11.2. The molecular weight excluding hydrogens is 138 g/mol. The third-order valence-corrected chi connectivity index (χ3v) is 2.13. The van der Waals surface area contributed by atoms with Crippen LogP contribution in [0.1, 0.15) is 40.0 Å². The van der Waals surface area contributed by atoms with Crippen molar-refractivity contribution in [2.24, 2.45) is 11.7 Å². The molecule has 2 N–H and O–H groups in total. The van der Waals surface area contributed by atoms with Crippen LogP contribution in [-0.2, 0) is 4.79 Å². The first-order chi connectivity index (χ1) is 5.13. The fourth-order valence-electron chi connectivity index (χ4n) is 0.984. The van der Waals surface area contributed by atoms with Gasteiger partial charge in [0, 0.05) is 6.42 Å². The standard InChI is InChI=1S/C9H19NO/c1-4-6-8(11)9(10)7(3)5-2/h7,9H,4-6,10H2,1-3H3/t7-,9-/m0/s1. The van der Waals surface area contributed by atoms with Gasteiger partial charge in [0.05, 0.1) is 6.04 Å². The van der Waals surface area contributed by atoms with E-state index in [-0.39, 0.29) is 11.8 Å². The van der Waals surface area contributed by atoms with Gasteiger partial charge in [-0.15, -0.1) is 0 Å². The van der Waals surface area contributed by atoms with Crippen molar-refractivity contribution in [2.75, 3.05) is 0 Å². The van der Waals surface area contributed by atoms with Crippen molar-refractivity contribution < 1.29 is 4.79 Å². The number of carbonyl (C=O) groups is 1. The van der Waals surface area contributed by atoms with Gasteiger partial charge < -0.3 is 5.73 Å². The molecule has 0 aromatic heterocycles. The zero-order valence-electron chi connectivity index (χ0n) is 7.76. The number of rotatable bonds is 5. The summed E-state index contributed by atoms with van der Waals surface area (Å²) >= 11 is 0. The lowest BCUT2D eigenvalue weighted by Gasteiger charge is -2.16. The Balaban J connectivity index is 3.80. The average Bonchev–Trinajstić information content (AvgIpc) is 2.02. The normalized spacial score (nSPS) is 16.0. The molecule has 0 aliphatic rings. The second-order valence-corrected chi connectivity index (χ2v) is 3.13. The van der Waals surface area contributed by atoms with Crippen molar-refractivity contribution in [1.82, 2.24) is 0 Å². The maximum Gasteiger partial charge on any atom is 0.149 e. The van der Waals surface area contributed by atoms with Crippen LogP contribution in [0.15, 0.2) is 0 Å². The first kappa shape index (κ1) is 10.6. The third kappa shape index (κ3) is 3.51. The summed E-state index contributed by atoms with van der Waals surface area (Å²) in [4.78, 5) is 11.2. The second kappa shape index (κ2) is 5.30. The lowest BCUT2D eigenvalue weighted by Crippen LogP contribution is -2.36. The molecule has 0 saturated carbocycles. The van der Waals surface area contributed by atoms with Crippen molar-refractivity contribution in [3.63, 3.8) is 0 Å². The van der Waals surface area contributed by atoms with Crippen LogP contribution in [0.25, 0.3) is 0 Å². The van der Waals surface area contributed by atoms with E-state index in [4.69, 9.17) is 5.73 Å². The Bertz CT molecular complexity index is 123. The molecule has 0 heterocycles. The molecule has 0 bridgehead atoms. The van der Waals surface area contributed by atoms with E-state index in [0.717, 1.165) is 12.8 Å². The number of Topliss-reactive ketones (excluding diaryl/α,β-unsaturated/α-hetero) is 1. The largest absolute Gasteiger partial charge is 0.321 e. The first-order valence-corrected chi connectivity index (χ1v) is 4.41. The van der Waals surface area contributed by atoms with E-state index in [1.807, 2.05) is 13.8 Å². The van der Waals surface area contributed by atoms with Gasteiger partial charge in [0.15, 0.2) is 0 Å². The molecule has 0 aliphatic heterocycles. The second-order valence-electron chi connectivity index (χ2n) is 3.13. The van der Waals surface area contributed by atoms with Gasteiger partial charge >= 0.3 is 0 Å². The van der Waals surface area contributed by atoms with E-state index in [0.29, 0.717) is 12.3 Å². The molecule has 0 saturated heterocycles. The highest BCUT2D eigenvalue weighted by molar-refractivity contribution is 5.83. The molecule has 0 fully saturated rings. The monoisotopic (exact) mass is 157 g/mol. The lowest BCUT2D eigenvalue weighted by atomic mass is 9.94. The Labute approximate surface area is 69.2 Å². The summed E-state index contributed by atoms with van der Waals surface area (Å²) in [5, 5.41) is 0. The zero-order valence-corrected chi connectivity index (χ0v) is 7.76. The highest BCUT2D eigenvalue weighted by Gasteiger charge is 2.17. The van der Waals surface area contributed by atoms with Crippen molar-refractivity contribution in [3.05, 3.63) is 0 Å². The number of ketones is 1. The molecule has 0 rings (SSSR count). The highest BCUT2D eigenvalue weighted by Crippen LogP contribution is 2.08. The third-order valence-electron chi connectivity index (χ3n) is 2.13. The predicted octanol–water partition coefficient (Wildman–Crippen LogP) is 1.73. The SMILES string of the molecule is CCCC(=O)[C@@H](N)[C@@H](C)CC. The van der Waals surface area contributed by atoms with E-state index >= 15 is 0 Å². The summed E-state index contributed by atoms with van der Waals surface area (Å²) in [6.45, 7) is 6.09. The average molecular weight is 157 g/mol. The van der Waals surface area contributed by atoms with Crippen LogP contribution in [0.4, 0.5) is 0 Å². The molecule has 0 amide bonds. The van der Waals surface area contributed by atoms with Gasteiger partial charge in [-0.05, 0) is 12.3 Å². The van der Waals surface area contributed by atoms with Gasteiger partial charge in [0.1, 0.15) is 5.78 Å². The predicted molar refractivity (Wildman–Crippen MR) is 47.3 cm³/mol. The smallest absolute Gasteiger partial charge is 0.149 e. The van der Waals surface area contributed by atoms with E-state index in [2.05, 4.69) is 6.92 Å². The number of hydrogen-bond acceptors (Lipinski definition) is 2. The van der Waals surface area contributed by atoms with Crippen LogP contribution in [0.5, 0.6) is 0 Å². The summed E-state index contributed by atoms with van der Waals surface area (Å²) in [6.07, 6.45) is 2.52. The summed E-state index contributed by atoms with van der Waals surface area (Å²) < 4.78 is 0. The Morgan fingerprint density at radius 3 is 2.36 bits per heavy atom. The van der Waals surface area contributed by atoms with Crippen LogP contribution in [0.2, 0.25) is 0 Å². The van der Waals surface area contributed by atoms with Crippen LogP contribution in [0, 0.1) is 5.92 Å². The van der Waals surface area contributed by atoms with Crippen LogP contribution in [-0.4, -0.2) is 11.8 Å². The summed E-state index contributed by atoms with van der Waals surface area (Å²) in [5.74, 6) is 0.538. The molecule has 2 heteroatoms. The quantitative estimate of drug-likeness (QED) is 0.660. The first-order valence-electron chi connectivity index (χ1n) is 4.41. The molecule has 2 nitrogen and oxygen atoms in total. The van der Waals surface area contributed by atoms with Crippen molar-refractivity contribution in [1.29, 1.82) is 0 Å². The number of hydrogen-bond donors (Lipinski definition) is 1. The molecule has 0 aromatic carbocycles. The van der Waals surface area contributed by atoms with E-state index in [1.54, 1.807) is 0 Å². The minimum absolute atomic E-state index is 0.210. The van der Waals surface area contributed by atoms with Gasteiger partial charge in [0.25, 0.3) is 0 Å². The molecular formula is C9H19NO. The van der Waals surface area contributed by atoms with Gasteiger partial charge in [-0.2, -0.15) is 0 Å². The molecule has 0 unspecified atom stereocenters. The lowest BCUT2D eigenvalue weighted by molar-refractivity contribution is -0.121. The van der Waals surface area contributed by atoms with Gasteiger partial charge in [-0.25, -0.2) is 0 Å². The Morgan fingerprint density at radius 2 is 2.00 bits per heavy atom. The number of carbonyl (C=O) groups excluding carboxylic acids is 1. The van der Waals surface area contributed by atoms with E-state index in [9.17, 15) is 4.79 Å². The Kier molecular flexibility index (Phi) is 5.12. The van der Waals surface area contributed by atoms with Gasteiger partial charge in [0.2, 0.25) is 0 Å². The van der Waals surface area contributed by atoms with Gasteiger partial charge in [-0.3, -0.25) is 4.79 Å². The summed E-state index contributed by atoms with van der Waals surface area (Å²) in [7, 11) is 0. The van der Waals surface area contributed by atoms with Crippen LogP contribution in [0.3, 0.4) is 0 Å². The van der Waals surface area contributed by atoms with Crippen molar-refractivity contribution in [3.8, 4) is 0 Å². The minimum atomic E-state index is -0.236. The minimum Gasteiger partial charge on any atom is -0.321 e. The number of nitrogens with two attached hydrogens (primary N) is 1. The van der Waals surface area contributed by atoms with Crippen molar-refractivity contribution in [2.45, 2.75) is 46.1 Å². The Morgan fingerprint density at radius 1 is 1.45 bits per heavy atom. The van der Waals surface area contributed by atoms with Crippen molar-refractivity contribution >= 4 is 5.78 Å². The Hall–Kier alpha value is -0.370. The molecule has 2 atom stereocenters. The summed E-state index contributed by atoms with van der Waals surface area (Å²) in [5.41, 5.74) is 5.71. The fraction of sp³-hybridized carbons (Fsp3) is 0.889. The van der Waals surface area contributed by atoms with E-state index < -0.39 is 0 Å². The molecule has 0 aromatic rings. The molecule has 0 aliphatic carbocycles. The molecule has 0 radical (unpaired) electrons. The van der Waals surface area contributed by atoms with Gasteiger partial charge in [-0.1, -0.05) is 27.2 Å². The topological polar surface area (TPSA) is 43.1 Å². The summed E-state index contributed by atoms with van der Waals surface area (Å²) in [6, 6.07) is -0.236.